The predicted molar refractivity (Wildman–Crippen MR) is 73.7 cm³/mol. The normalized spacial score (nSPS) is 30.6. The van der Waals surface area contributed by atoms with Gasteiger partial charge in [0, 0.05) is 25.0 Å². The minimum Gasteiger partial charge on any atom is -0.353 e. The Kier molecular flexibility index (Phi) is 3.27. The lowest BCUT2D eigenvalue weighted by Gasteiger charge is -2.38. The molecule has 1 aromatic rings. The highest BCUT2D eigenvalue weighted by atomic mass is 79.9. The molecule has 0 radical (unpaired) electrons. The first-order valence-corrected chi connectivity index (χ1v) is 7.79. The summed E-state index contributed by atoms with van der Waals surface area (Å²) in [6.07, 6.45) is 4.43. The summed E-state index contributed by atoms with van der Waals surface area (Å²) in [5, 5.41) is 12.3. The molecule has 2 bridgehead atoms. The summed E-state index contributed by atoms with van der Waals surface area (Å²) in [5.41, 5.74) is 0. The van der Waals surface area contributed by atoms with Gasteiger partial charge in [0.2, 0.25) is 11.0 Å². The van der Waals surface area contributed by atoms with Crippen molar-refractivity contribution in [2.45, 2.75) is 50.7 Å². The highest BCUT2D eigenvalue weighted by Crippen LogP contribution is 2.40. The number of carbonyl (C=O) groups excluding carboxylic acids is 1. The third kappa shape index (κ3) is 2.25. The molecular weight excluding hydrogens is 316 g/mol. The van der Waals surface area contributed by atoms with Crippen molar-refractivity contribution < 1.29 is 4.79 Å². The number of rotatable bonds is 2. The monoisotopic (exact) mass is 330 g/mol. The Morgan fingerprint density at radius 1 is 1.39 bits per heavy atom. The molecule has 2 aliphatic heterocycles. The van der Waals surface area contributed by atoms with Crippen LogP contribution in [-0.4, -0.2) is 34.2 Å². The zero-order chi connectivity index (χ0) is 12.7. The Balaban J connectivity index is 1.75. The van der Waals surface area contributed by atoms with Gasteiger partial charge in [0.15, 0.2) is 3.92 Å². The van der Waals surface area contributed by atoms with Crippen molar-refractivity contribution in [2.24, 2.45) is 0 Å². The SMILES string of the molecule is CC(=O)NC1C[C@H]2CC[C@@H](C1)N2c1nnc(Br)s1. The van der Waals surface area contributed by atoms with Crippen LogP contribution in [0.5, 0.6) is 0 Å². The van der Waals surface area contributed by atoms with E-state index in [4.69, 9.17) is 0 Å². The van der Waals surface area contributed by atoms with Gasteiger partial charge in [-0.3, -0.25) is 4.79 Å². The molecule has 3 rings (SSSR count). The molecule has 3 heterocycles. The first kappa shape index (κ1) is 12.3. The number of nitrogens with one attached hydrogen (secondary N) is 1. The van der Waals surface area contributed by atoms with E-state index in [2.05, 4.69) is 36.3 Å². The molecule has 1 aromatic heterocycles. The van der Waals surface area contributed by atoms with E-state index in [1.165, 1.54) is 12.8 Å². The van der Waals surface area contributed by atoms with Gasteiger partial charge in [0.1, 0.15) is 0 Å². The van der Waals surface area contributed by atoms with Crippen molar-refractivity contribution in [1.29, 1.82) is 0 Å². The fourth-order valence-electron chi connectivity index (χ4n) is 3.20. The maximum absolute atomic E-state index is 11.1. The largest absolute Gasteiger partial charge is 0.353 e. The third-order valence-corrected chi connectivity index (χ3v) is 5.12. The average molecular weight is 331 g/mol. The molecule has 18 heavy (non-hydrogen) atoms. The molecule has 2 saturated heterocycles. The number of hydrogen-bond donors (Lipinski definition) is 1. The molecule has 0 saturated carbocycles. The van der Waals surface area contributed by atoms with Gasteiger partial charge in [-0.1, -0.05) is 11.3 Å². The summed E-state index contributed by atoms with van der Waals surface area (Å²) in [5.74, 6) is 0.0755. The number of nitrogens with zero attached hydrogens (tertiary/aromatic N) is 3. The maximum atomic E-state index is 11.1. The number of hydrogen-bond acceptors (Lipinski definition) is 5. The van der Waals surface area contributed by atoms with Crippen LogP contribution in [0.3, 0.4) is 0 Å². The average Bonchev–Trinajstić information content (AvgIpc) is 2.80. The second kappa shape index (κ2) is 4.77. The number of piperidine rings is 1. The summed E-state index contributed by atoms with van der Waals surface area (Å²) >= 11 is 4.95. The van der Waals surface area contributed by atoms with E-state index in [1.54, 1.807) is 18.3 Å². The van der Waals surface area contributed by atoms with E-state index in [0.717, 1.165) is 21.9 Å². The molecule has 7 heteroatoms. The molecule has 2 fully saturated rings. The number of fused-ring (bicyclic) bond motifs is 2. The maximum Gasteiger partial charge on any atom is 0.217 e. The van der Waals surface area contributed by atoms with E-state index >= 15 is 0 Å². The Morgan fingerprint density at radius 2 is 2.06 bits per heavy atom. The second-order valence-electron chi connectivity index (χ2n) is 5.00. The van der Waals surface area contributed by atoms with Gasteiger partial charge in [0.25, 0.3) is 0 Å². The van der Waals surface area contributed by atoms with Crippen molar-refractivity contribution in [2.75, 3.05) is 4.90 Å². The highest BCUT2D eigenvalue weighted by molar-refractivity contribution is 9.11. The fraction of sp³-hybridized carbons (Fsp3) is 0.727. The number of amides is 1. The first-order chi connectivity index (χ1) is 8.63. The third-order valence-electron chi connectivity index (χ3n) is 3.75. The van der Waals surface area contributed by atoms with E-state index in [9.17, 15) is 4.79 Å². The molecule has 1 unspecified atom stereocenters. The van der Waals surface area contributed by atoms with Gasteiger partial charge >= 0.3 is 0 Å². The molecule has 1 amide bonds. The Labute approximate surface area is 118 Å². The molecular formula is C11H15BrN4OS. The van der Waals surface area contributed by atoms with Crippen LogP contribution in [0.25, 0.3) is 0 Å². The van der Waals surface area contributed by atoms with Crippen LogP contribution >= 0.6 is 27.3 Å². The number of carbonyl (C=O) groups is 1. The fourth-order valence-corrected chi connectivity index (χ4v) is 4.43. The Bertz CT molecular complexity index is 452. The summed E-state index contributed by atoms with van der Waals surface area (Å²) in [7, 11) is 0. The molecule has 5 nitrogen and oxygen atoms in total. The van der Waals surface area contributed by atoms with Crippen LogP contribution < -0.4 is 10.2 Å². The zero-order valence-corrected chi connectivity index (χ0v) is 12.5. The molecule has 0 aromatic carbocycles. The van der Waals surface area contributed by atoms with Crippen LogP contribution in [0.1, 0.15) is 32.6 Å². The van der Waals surface area contributed by atoms with Crippen molar-refractivity contribution in [1.82, 2.24) is 15.5 Å². The molecule has 2 aliphatic rings. The van der Waals surface area contributed by atoms with Crippen LogP contribution in [0, 0.1) is 0 Å². The van der Waals surface area contributed by atoms with Crippen molar-refractivity contribution in [3.05, 3.63) is 3.92 Å². The summed E-state index contributed by atoms with van der Waals surface area (Å²) in [6, 6.07) is 1.33. The lowest BCUT2D eigenvalue weighted by Crippen LogP contribution is -2.50. The number of anilines is 1. The topological polar surface area (TPSA) is 58.1 Å². The van der Waals surface area contributed by atoms with Gasteiger partial charge in [-0.2, -0.15) is 0 Å². The Morgan fingerprint density at radius 3 is 2.56 bits per heavy atom. The van der Waals surface area contributed by atoms with Crippen LogP contribution in [0.4, 0.5) is 5.13 Å². The van der Waals surface area contributed by atoms with Gasteiger partial charge in [-0.05, 0) is 41.6 Å². The van der Waals surface area contributed by atoms with E-state index in [-0.39, 0.29) is 5.91 Å². The number of halogens is 1. The zero-order valence-electron chi connectivity index (χ0n) is 10.1. The first-order valence-electron chi connectivity index (χ1n) is 6.18. The lowest BCUT2D eigenvalue weighted by atomic mass is 9.98. The molecule has 98 valence electrons. The smallest absolute Gasteiger partial charge is 0.217 e. The number of aromatic nitrogens is 2. The van der Waals surface area contributed by atoms with E-state index < -0.39 is 0 Å². The summed E-state index contributed by atoms with van der Waals surface area (Å²) < 4.78 is 0.834. The minimum atomic E-state index is 0.0755. The molecule has 1 N–H and O–H groups in total. The molecule has 0 spiro atoms. The van der Waals surface area contributed by atoms with Crippen molar-refractivity contribution in [3.8, 4) is 0 Å². The van der Waals surface area contributed by atoms with Crippen LogP contribution in [0.2, 0.25) is 0 Å². The Hall–Kier alpha value is -0.690. The predicted octanol–water partition coefficient (Wildman–Crippen LogP) is 1.94. The van der Waals surface area contributed by atoms with E-state index in [1.807, 2.05) is 0 Å². The summed E-state index contributed by atoms with van der Waals surface area (Å²) in [4.78, 5) is 13.6. The highest BCUT2D eigenvalue weighted by Gasteiger charge is 2.42. The van der Waals surface area contributed by atoms with Gasteiger partial charge in [-0.25, -0.2) is 0 Å². The lowest BCUT2D eigenvalue weighted by molar-refractivity contribution is -0.119. The summed E-state index contributed by atoms with van der Waals surface area (Å²) in [6.45, 7) is 1.59. The standard InChI is InChI=1S/C11H15BrN4OS/c1-6(17)13-7-4-8-2-3-9(5-7)16(8)11-15-14-10(12)18-11/h7-9H,2-5H2,1H3,(H,13,17)/t7?,8-,9+. The van der Waals surface area contributed by atoms with Crippen molar-refractivity contribution >= 4 is 38.3 Å². The van der Waals surface area contributed by atoms with Gasteiger partial charge in [-0.15, -0.1) is 10.2 Å². The minimum absolute atomic E-state index is 0.0755. The second-order valence-corrected chi connectivity index (χ2v) is 7.23. The van der Waals surface area contributed by atoms with Gasteiger partial charge in [0.05, 0.1) is 0 Å². The van der Waals surface area contributed by atoms with E-state index in [0.29, 0.717) is 18.1 Å². The van der Waals surface area contributed by atoms with Crippen LogP contribution in [0.15, 0.2) is 3.92 Å². The molecule has 0 aliphatic carbocycles. The van der Waals surface area contributed by atoms with Crippen LogP contribution in [-0.2, 0) is 4.79 Å². The molecule has 3 atom stereocenters. The van der Waals surface area contributed by atoms with Gasteiger partial charge < -0.3 is 10.2 Å². The quantitative estimate of drug-likeness (QED) is 0.900. The van der Waals surface area contributed by atoms with Crippen molar-refractivity contribution in [3.63, 3.8) is 0 Å².